The molecule has 0 bridgehead atoms. The van der Waals surface area contributed by atoms with Gasteiger partial charge in [0, 0.05) is 23.5 Å². The van der Waals surface area contributed by atoms with Crippen LogP contribution in [0.15, 0.2) is 36.7 Å². The lowest BCUT2D eigenvalue weighted by Crippen LogP contribution is -1.99. The molecule has 1 aromatic carbocycles. The molecule has 16 heavy (non-hydrogen) atoms. The average molecular weight is 216 g/mol. The maximum absolute atomic E-state index is 13.0. The van der Waals surface area contributed by atoms with Crippen molar-refractivity contribution < 1.29 is 9.18 Å². The lowest BCUT2D eigenvalue weighted by Gasteiger charge is -2.04. The number of hydrogen-bond acceptors (Lipinski definition) is 3. The second-order valence-electron chi connectivity index (χ2n) is 3.32. The Morgan fingerprint density at radius 2 is 1.94 bits per heavy atom. The summed E-state index contributed by atoms with van der Waals surface area (Å²) in [6.45, 7) is 1.39. The minimum Gasteiger partial charge on any atom is -0.294 e. The average Bonchev–Trinajstić information content (AvgIpc) is 2.30. The van der Waals surface area contributed by atoms with Gasteiger partial charge in [-0.25, -0.2) is 14.4 Å². The Morgan fingerprint density at radius 1 is 1.25 bits per heavy atom. The van der Waals surface area contributed by atoms with Crippen molar-refractivity contribution in [2.45, 2.75) is 6.92 Å². The molecule has 2 aromatic rings. The van der Waals surface area contributed by atoms with Gasteiger partial charge in [0.05, 0.1) is 0 Å². The fourth-order valence-electron chi connectivity index (χ4n) is 1.44. The van der Waals surface area contributed by atoms with Gasteiger partial charge in [-0.15, -0.1) is 0 Å². The smallest absolute Gasteiger partial charge is 0.160 e. The Hall–Kier alpha value is -2.10. The van der Waals surface area contributed by atoms with Crippen LogP contribution in [0, 0.1) is 5.82 Å². The first-order valence-corrected chi connectivity index (χ1v) is 4.76. The monoisotopic (exact) mass is 216 g/mol. The summed E-state index contributed by atoms with van der Waals surface area (Å²) in [6, 6.07) is 5.69. The van der Waals surface area contributed by atoms with Crippen LogP contribution in [0.25, 0.3) is 11.4 Å². The Labute approximate surface area is 92.0 Å². The van der Waals surface area contributed by atoms with Crippen LogP contribution in [-0.2, 0) is 0 Å². The predicted molar refractivity (Wildman–Crippen MR) is 57.4 cm³/mol. The van der Waals surface area contributed by atoms with Gasteiger partial charge in [-0.2, -0.15) is 0 Å². The fraction of sp³-hybridized carbons (Fsp3) is 0.0833. The topological polar surface area (TPSA) is 42.9 Å². The molecule has 0 saturated heterocycles. The van der Waals surface area contributed by atoms with E-state index in [1.165, 1.54) is 25.1 Å². The summed E-state index contributed by atoms with van der Waals surface area (Å²) in [5.41, 5.74) is 0.848. The number of rotatable bonds is 2. The Balaban J connectivity index is 2.61. The van der Waals surface area contributed by atoms with Crippen LogP contribution in [0.2, 0.25) is 0 Å². The van der Waals surface area contributed by atoms with Gasteiger partial charge >= 0.3 is 0 Å². The Kier molecular flexibility index (Phi) is 2.72. The summed E-state index contributed by atoms with van der Waals surface area (Å²) >= 11 is 0. The predicted octanol–water partition coefficient (Wildman–Crippen LogP) is 2.49. The first-order valence-electron chi connectivity index (χ1n) is 4.76. The zero-order valence-corrected chi connectivity index (χ0v) is 8.64. The number of Topliss-reactive ketones (excluding diaryl/α,β-unsaturated/α-hetero) is 1. The number of aromatic nitrogens is 2. The number of hydrogen-bond donors (Lipinski definition) is 0. The number of carbonyl (C=O) groups excluding carboxylic acids is 1. The van der Waals surface area contributed by atoms with Crippen molar-refractivity contribution in [3.8, 4) is 11.4 Å². The summed E-state index contributed by atoms with van der Waals surface area (Å²) in [6.07, 6.45) is 3.16. The van der Waals surface area contributed by atoms with E-state index in [2.05, 4.69) is 9.97 Å². The van der Waals surface area contributed by atoms with E-state index < -0.39 is 5.82 Å². The van der Waals surface area contributed by atoms with Crippen molar-refractivity contribution in [1.82, 2.24) is 9.97 Å². The van der Waals surface area contributed by atoms with Crippen LogP contribution in [0.4, 0.5) is 4.39 Å². The van der Waals surface area contributed by atoms with Crippen molar-refractivity contribution in [2.75, 3.05) is 0 Å². The van der Waals surface area contributed by atoms with Gasteiger partial charge in [0.2, 0.25) is 0 Å². The number of ketones is 1. The molecule has 1 heterocycles. The Bertz CT molecular complexity index is 526. The van der Waals surface area contributed by atoms with E-state index in [-0.39, 0.29) is 5.78 Å². The lowest BCUT2D eigenvalue weighted by atomic mass is 10.0. The van der Waals surface area contributed by atoms with E-state index in [0.717, 1.165) is 0 Å². The van der Waals surface area contributed by atoms with Gasteiger partial charge in [0.1, 0.15) is 5.82 Å². The molecule has 1 aromatic heterocycles. The quantitative estimate of drug-likeness (QED) is 0.724. The number of benzene rings is 1. The highest BCUT2D eigenvalue weighted by atomic mass is 19.1. The summed E-state index contributed by atoms with van der Waals surface area (Å²) < 4.78 is 13.0. The summed E-state index contributed by atoms with van der Waals surface area (Å²) in [5, 5.41) is 0. The highest BCUT2D eigenvalue weighted by Crippen LogP contribution is 2.21. The fourth-order valence-corrected chi connectivity index (χ4v) is 1.44. The second kappa shape index (κ2) is 4.18. The molecule has 0 aliphatic carbocycles. The van der Waals surface area contributed by atoms with Crippen molar-refractivity contribution in [1.29, 1.82) is 0 Å². The van der Waals surface area contributed by atoms with Crippen LogP contribution in [0.5, 0.6) is 0 Å². The molecule has 3 nitrogen and oxygen atoms in total. The SMILES string of the molecule is CC(=O)c1cc(F)ccc1-c1ncccn1. The maximum atomic E-state index is 13.0. The van der Waals surface area contributed by atoms with Crippen LogP contribution in [0.3, 0.4) is 0 Å². The molecule has 0 spiro atoms. The van der Waals surface area contributed by atoms with Crippen LogP contribution >= 0.6 is 0 Å². The third-order valence-electron chi connectivity index (χ3n) is 2.17. The van der Waals surface area contributed by atoms with Gasteiger partial charge < -0.3 is 0 Å². The zero-order chi connectivity index (χ0) is 11.5. The van der Waals surface area contributed by atoms with E-state index in [4.69, 9.17) is 0 Å². The van der Waals surface area contributed by atoms with Crippen molar-refractivity contribution >= 4 is 5.78 Å². The van der Waals surface area contributed by atoms with Gasteiger partial charge in [0.15, 0.2) is 11.6 Å². The molecule has 2 rings (SSSR count). The van der Waals surface area contributed by atoms with E-state index in [1.54, 1.807) is 18.5 Å². The largest absolute Gasteiger partial charge is 0.294 e. The number of halogens is 1. The first kappa shape index (κ1) is 10.4. The highest BCUT2D eigenvalue weighted by Gasteiger charge is 2.11. The van der Waals surface area contributed by atoms with Gasteiger partial charge in [-0.05, 0) is 31.2 Å². The van der Waals surface area contributed by atoms with Crippen molar-refractivity contribution in [2.24, 2.45) is 0 Å². The highest BCUT2D eigenvalue weighted by molar-refractivity contribution is 6.00. The molecule has 0 fully saturated rings. The lowest BCUT2D eigenvalue weighted by molar-refractivity contribution is 0.101. The van der Waals surface area contributed by atoms with Crippen LogP contribution in [0.1, 0.15) is 17.3 Å². The van der Waals surface area contributed by atoms with Gasteiger partial charge in [0.25, 0.3) is 0 Å². The van der Waals surface area contributed by atoms with Crippen LogP contribution in [-0.4, -0.2) is 15.8 Å². The summed E-state index contributed by atoms with van der Waals surface area (Å²) in [4.78, 5) is 19.4. The van der Waals surface area contributed by atoms with Crippen molar-refractivity contribution in [3.05, 3.63) is 48.0 Å². The summed E-state index contributed by atoms with van der Waals surface area (Å²) in [5.74, 6) is -0.223. The van der Waals surface area contributed by atoms with Crippen LogP contribution < -0.4 is 0 Å². The second-order valence-corrected chi connectivity index (χ2v) is 3.32. The third kappa shape index (κ3) is 1.95. The minimum atomic E-state index is -0.440. The standard InChI is InChI=1S/C12H9FN2O/c1-8(16)11-7-9(13)3-4-10(11)12-14-5-2-6-15-12/h2-7H,1H3. The third-order valence-corrected chi connectivity index (χ3v) is 2.17. The molecule has 0 aliphatic rings. The van der Waals surface area contributed by atoms with Crippen molar-refractivity contribution in [3.63, 3.8) is 0 Å². The molecule has 0 saturated carbocycles. The van der Waals surface area contributed by atoms with Gasteiger partial charge in [-0.1, -0.05) is 0 Å². The zero-order valence-electron chi connectivity index (χ0n) is 8.64. The molecule has 4 heteroatoms. The first-order chi connectivity index (χ1) is 7.68. The molecule has 0 N–H and O–H groups in total. The summed E-state index contributed by atoms with van der Waals surface area (Å²) in [7, 11) is 0. The molecule has 0 radical (unpaired) electrons. The normalized spacial score (nSPS) is 10.1. The molecule has 0 atom stereocenters. The molecular weight excluding hydrogens is 207 g/mol. The number of carbonyl (C=O) groups is 1. The molecular formula is C12H9FN2O. The minimum absolute atomic E-state index is 0.207. The van der Waals surface area contributed by atoms with E-state index in [0.29, 0.717) is 17.0 Å². The number of nitrogens with zero attached hydrogens (tertiary/aromatic N) is 2. The van der Waals surface area contributed by atoms with Gasteiger partial charge in [-0.3, -0.25) is 4.79 Å². The molecule has 0 aliphatic heterocycles. The molecule has 0 amide bonds. The Morgan fingerprint density at radius 3 is 2.56 bits per heavy atom. The maximum Gasteiger partial charge on any atom is 0.160 e. The van der Waals surface area contributed by atoms with E-state index >= 15 is 0 Å². The molecule has 0 unspecified atom stereocenters. The molecule has 80 valence electrons. The van der Waals surface area contributed by atoms with E-state index in [1.807, 2.05) is 0 Å². The van der Waals surface area contributed by atoms with E-state index in [9.17, 15) is 9.18 Å².